The number of anilines is 1. The fourth-order valence-electron chi connectivity index (χ4n) is 2.77. The second kappa shape index (κ2) is 6.77. The molecule has 1 saturated heterocycles. The molecule has 2 aromatic rings. The van der Waals surface area contributed by atoms with E-state index in [0.29, 0.717) is 11.6 Å². The second-order valence-electron chi connectivity index (χ2n) is 6.05. The monoisotopic (exact) mass is 310 g/mol. The molecule has 0 spiro atoms. The van der Waals surface area contributed by atoms with Crippen molar-refractivity contribution in [2.75, 3.05) is 32.1 Å². The first-order valence-electron chi connectivity index (χ1n) is 8.06. The molecule has 0 saturated carbocycles. The van der Waals surface area contributed by atoms with Gasteiger partial charge in [0.1, 0.15) is 5.69 Å². The number of carbonyl (C=O) groups excluding carboxylic acids is 1. The summed E-state index contributed by atoms with van der Waals surface area (Å²) in [6, 6.07) is 11.7. The van der Waals surface area contributed by atoms with E-state index in [0.717, 1.165) is 37.2 Å². The Morgan fingerprint density at radius 1 is 1.04 bits per heavy atom. The lowest BCUT2D eigenvalue weighted by Crippen LogP contribution is -2.32. The molecule has 0 N–H and O–H groups in total. The van der Waals surface area contributed by atoms with Gasteiger partial charge in [0, 0.05) is 32.7 Å². The summed E-state index contributed by atoms with van der Waals surface area (Å²) in [7, 11) is 3.49. The number of hydrogen-bond donors (Lipinski definition) is 0. The molecule has 0 bridgehead atoms. The summed E-state index contributed by atoms with van der Waals surface area (Å²) >= 11 is 0. The molecule has 5 heteroatoms. The van der Waals surface area contributed by atoms with Crippen molar-refractivity contribution in [2.45, 2.75) is 19.3 Å². The molecule has 3 rings (SSSR count). The Labute approximate surface area is 137 Å². The van der Waals surface area contributed by atoms with Crippen molar-refractivity contribution in [2.24, 2.45) is 0 Å². The topological polar surface area (TPSA) is 49.3 Å². The van der Waals surface area contributed by atoms with E-state index in [2.05, 4.69) is 9.88 Å². The minimum atomic E-state index is -0.0946. The van der Waals surface area contributed by atoms with Gasteiger partial charge in [0.25, 0.3) is 5.91 Å². The van der Waals surface area contributed by atoms with E-state index in [1.807, 2.05) is 30.3 Å². The number of nitrogens with zero attached hydrogens (tertiary/aromatic N) is 4. The zero-order valence-electron chi connectivity index (χ0n) is 13.7. The SMILES string of the molecule is CN(C)C(=O)c1cc(-c2ccccc2)nc(N2CCCCC2)n1. The van der Waals surface area contributed by atoms with Crippen LogP contribution in [-0.4, -0.2) is 48.0 Å². The van der Waals surface area contributed by atoms with E-state index in [1.165, 1.54) is 6.42 Å². The van der Waals surface area contributed by atoms with Crippen LogP contribution in [0.4, 0.5) is 5.95 Å². The summed E-state index contributed by atoms with van der Waals surface area (Å²) in [5.74, 6) is 0.569. The van der Waals surface area contributed by atoms with Crippen LogP contribution >= 0.6 is 0 Å². The van der Waals surface area contributed by atoms with Crippen molar-refractivity contribution in [3.05, 3.63) is 42.1 Å². The highest BCUT2D eigenvalue weighted by atomic mass is 16.2. The van der Waals surface area contributed by atoms with Gasteiger partial charge >= 0.3 is 0 Å². The zero-order valence-corrected chi connectivity index (χ0v) is 13.7. The van der Waals surface area contributed by atoms with E-state index >= 15 is 0 Å². The summed E-state index contributed by atoms with van der Waals surface area (Å²) in [6.07, 6.45) is 3.55. The summed E-state index contributed by atoms with van der Waals surface area (Å²) in [5.41, 5.74) is 2.25. The van der Waals surface area contributed by atoms with E-state index in [4.69, 9.17) is 4.98 Å². The molecule has 5 nitrogen and oxygen atoms in total. The number of piperidine rings is 1. The second-order valence-corrected chi connectivity index (χ2v) is 6.05. The van der Waals surface area contributed by atoms with Gasteiger partial charge in [0.15, 0.2) is 0 Å². The van der Waals surface area contributed by atoms with Gasteiger partial charge in [0.2, 0.25) is 5.95 Å². The highest BCUT2D eigenvalue weighted by Gasteiger charge is 2.19. The molecule has 1 fully saturated rings. The van der Waals surface area contributed by atoms with Crippen LogP contribution < -0.4 is 4.90 Å². The Balaban J connectivity index is 2.04. The van der Waals surface area contributed by atoms with Crippen molar-refractivity contribution in [3.63, 3.8) is 0 Å². The van der Waals surface area contributed by atoms with Gasteiger partial charge in [-0.3, -0.25) is 4.79 Å². The number of hydrogen-bond acceptors (Lipinski definition) is 4. The molecule has 1 amide bonds. The van der Waals surface area contributed by atoms with Crippen LogP contribution in [0, 0.1) is 0 Å². The van der Waals surface area contributed by atoms with Crippen LogP contribution in [0.15, 0.2) is 36.4 Å². The van der Waals surface area contributed by atoms with Crippen LogP contribution in [0.5, 0.6) is 0 Å². The maximum Gasteiger partial charge on any atom is 0.272 e. The Morgan fingerprint density at radius 3 is 2.39 bits per heavy atom. The lowest BCUT2D eigenvalue weighted by Gasteiger charge is -2.27. The minimum absolute atomic E-state index is 0.0946. The predicted molar refractivity (Wildman–Crippen MR) is 91.5 cm³/mol. The van der Waals surface area contributed by atoms with Crippen molar-refractivity contribution in [1.82, 2.24) is 14.9 Å². The molecule has 0 atom stereocenters. The van der Waals surface area contributed by atoms with Crippen molar-refractivity contribution < 1.29 is 4.79 Å². The van der Waals surface area contributed by atoms with E-state index in [9.17, 15) is 4.79 Å². The van der Waals surface area contributed by atoms with Crippen LogP contribution in [0.3, 0.4) is 0 Å². The molecular weight excluding hydrogens is 288 g/mol. The summed E-state index contributed by atoms with van der Waals surface area (Å²) < 4.78 is 0. The maximum absolute atomic E-state index is 12.4. The third-order valence-corrected chi connectivity index (χ3v) is 4.05. The number of amides is 1. The van der Waals surface area contributed by atoms with Crippen molar-refractivity contribution in [1.29, 1.82) is 0 Å². The van der Waals surface area contributed by atoms with E-state index in [1.54, 1.807) is 25.1 Å². The molecule has 0 radical (unpaired) electrons. The van der Waals surface area contributed by atoms with Gasteiger partial charge in [-0.2, -0.15) is 0 Å². The predicted octanol–water partition coefficient (Wildman–Crippen LogP) is 2.84. The molecule has 1 aliphatic rings. The fourth-order valence-corrected chi connectivity index (χ4v) is 2.77. The Bertz CT molecular complexity index is 679. The lowest BCUT2D eigenvalue weighted by atomic mass is 10.1. The highest BCUT2D eigenvalue weighted by Crippen LogP contribution is 2.23. The van der Waals surface area contributed by atoms with Crippen LogP contribution in [0.25, 0.3) is 11.3 Å². The molecule has 1 aliphatic heterocycles. The van der Waals surface area contributed by atoms with Crippen molar-refractivity contribution in [3.8, 4) is 11.3 Å². The standard InChI is InChI=1S/C18H22N4O/c1-21(2)17(23)16-13-15(14-9-5-3-6-10-14)19-18(20-16)22-11-7-4-8-12-22/h3,5-6,9-10,13H,4,7-8,11-12H2,1-2H3. The van der Waals surface area contributed by atoms with Crippen molar-refractivity contribution >= 4 is 11.9 Å². The Kier molecular flexibility index (Phi) is 4.55. The van der Waals surface area contributed by atoms with E-state index < -0.39 is 0 Å². The molecule has 1 aromatic heterocycles. The van der Waals surface area contributed by atoms with Gasteiger partial charge in [-0.25, -0.2) is 9.97 Å². The number of benzene rings is 1. The minimum Gasteiger partial charge on any atom is -0.343 e. The number of aromatic nitrogens is 2. The first kappa shape index (κ1) is 15.5. The lowest BCUT2D eigenvalue weighted by molar-refractivity contribution is 0.0822. The molecule has 23 heavy (non-hydrogen) atoms. The Hall–Kier alpha value is -2.43. The maximum atomic E-state index is 12.4. The zero-order chi connectivity index (χ0) is 16.2. The van der Waals surface area contributed by atoms with Gasteiger partial charge in [-0.15, -0.1) is 0 Å². The molecule has 2 heterocycles. The summed E-state index contributed by atoms with van der Waals surface area (Å²) in [6.45, 7) is 1.90. The first-order valence-corrected chi connectivity index (χ1v) is 8.06. The highest BCUT2D eigenvalue weighted by molar-refractivity contribution is 5.93. The third-order valence-electron chi connectivity index (χ3n) is 4.05. The van der Waals surface area contributed by atoms with Crippen LogP contribution in [0.2, 0.25) is 0 Å². The quantitative estimate of drug-likeness (QED) is 0.874. The molecule has 120 valence electrons. The molecule has 1 aromatic carbocycles. The van der Waals surface area contributed by atoms with Gasteiger partial charge < -0.3 is 9.80 Å². The summed E-state index contributed by atoms with van der Waals surface area (Å²) in [5, 5.41) is 0. The Morgan fingerprint density at radius 2 is 1.74 bits per heavy atom. The molecular formula is C18H22N4O. The van der Waals surface area contributed by atoms with E-state index in [-0.39, 0.29) is 5.91 Å². The van der Waals surface area contributed by atoms with Gasteiger partial charge in [-0.1, -0.05) is 30.3 Å². The number of carbonyl (C=O) groups is 1. The fraction of sp³-hybridized carbons (Fsp3) is 0.389. The summed E-state index contributed by atoms with van der Waals surface area (Å²) in [4.78, 5) is 25.4. The van der Waals surface area contributed by atoms with Crippen LogP contribution in [-0.2, 0) is 0 Å². The average molecular weight is 310 g/mol. The smallest absolute Gasteiger partial charge is 0.272 e. The van der Waals surface area contributed by atoms with Gasteiger partial charge in [-0.05, 0) is 25.3 Å². The number of rotatable bonds is 3. The largest absolute Gasteiger partial charge is 0.343 e. The average Bonchev–Trinajstić information content (AvgIpc) is 2.62. The van der Waals surface area contributed by atoms with Crippen LogP contribution in [0.1, 0.15) is 29.8 Å². The normalized spacial score (nSPS) is 14.6. The van der Waals surface area contributed by atoms with Gasteiger partial charge in [0.05, 0.1) is 5.69 Å². The first-order chi connectivity index (χ1) is 11.1. The third kappa shape index (κ3) is 3.50. The molecule has 0 unspecified atom stereocenters. The molecule has 0 aliphatic carbocycles.